The Bertz CT molecular complexity index is 757. The van der Waals surface area contributed by atoms with Gasteiger partial charge in [-0.1, -0.05) is 53.7 Å². The van der Waals surface area contributed by atoms with E-state index in [1.807, 2.05) is 12.1 Å². The molecule has 1 amide bonds. The first-order valence-corrected chi connectivity index (χ1v) is 9.74. The molecule has 2 heterocycles. The molecule has 148 valence electrons. The van der Waals surface area contributed by atoms with Crippen molar-refractivity contribution in [3.63, 3.8) is 0 Å². The van der Waals surface area contributed by atoms with Gasteiger partial charge in [-0.2, -0.15) is 0 Å². The largest absolute Gasteiger partial charge is 0.481 e. The van der Waals surface area contributed by atoms with E-state index in [0.29, 0.717) is 0 Å². The number of carbonyl (C=O) groups excluding carboxylic acids is 1. The van der Waals surface area contributed by atoms with Crippen molar-refractivity contribution in [1.82, 2.24) is 0 Å². The van der Waals surface area contributed by atoms with Gasteiger partial charge in [-0.3, -0.25) is 9.59 Å². The minimum absolute atomic E-state index is 0.00931. The summed E-state index contributed by atoms with van der Waals surface area (Å²) >= 11 is 0. The molecule has 5 nitrogen and oxygen atoms in total. The number of fused-ring (bicyclic) bond motifs is 2. The summed E-state index contributed by atoms with van der Waals surface area (Å²) in [6.07, 6.45) is 0.845. The Labute approximate surface area is 161 Å². The van der Waals surface area contributed by atoms with Crippen LogP contribution in [0.4, 0.5) is 5.69 Å². The maximum Gasteiger partial charge on any atom is 0.310 e. The number of benzene rings is 1. The van der Waals surface area contributed by atoms with Gasteiger partial charge in [-0.25, -0.2) is 0 Å². The summed E-state index contributed by atoms with van der Waals surface area (Å²) in [7, 11) is 0. The highest BCUT2D eigenvalue weighted by Crippen LogP contribution is 2.44. The quantitative estimate of drug-likeness (QED) is 0.836. The van der Waals surface area contributed by atoms with Crippen LogP contribution in [0.1, 0.15) is 65.5 Å². The summed E-state index contributed by atoms with van der Waals surface area (Å²) in [4.78, 5) is 24.7. The second-order valence-corrected chi connectivity index (χ2v) is 9.93. The van der Waals surface area contributed by atoms with Crippen molar-refractivity contribution in [3.8, 4) is 0 Å². The highest BCUT2D eigenvalue weighted by atomic mass is 16.5. The zero-order valence-corrected chi connectivity index (χ0v) is 17.1. The molecule has 2 bridgehead atoms. The average molecular weight is 373 g/mol. The molecule has 2 aliphatic rings. The minimum Gasteiger partial charge on any atom is -0.481 e. The fourth-order valence-electron chi connectivity index (χ4n) is 4.28. The van der Waals surface area contributed by atoms with Crippen molar-refractivity contribution in [3.05, 3.63) is 29.3 Å². The van der Waals surface area contributed by atoms with Crippen LogP contribution in [0.25, 0.3) is 0 Å². The van der Waals surface area contributed by atoms with Gasteiger partial charge in [0.05, 0.1) is 24.0 Å². The average Bonchev–Trinajstić information content (AvgIpc) is 3.13. The number of hydrogen-bond acceptors (Lipinski definition) is 3. The number of nitrogens with one attached hydrogen (secondary N) is 1. The number of ether oxygens (including phenoxy) is 1. The summed E-state index contributed by atoms with van der Waals surface area (Å²) < 4.78 is 5.74. The molecule has 3 rings (SSSR count). The molecule has 0 saturated carbocycles. The highest BCUT2D eigenvalue weighted by molar-refractivity contribution is 5.97. The van der Waals surface area contributed by atoms with E-state index in [2.05, 4.69) is 52.9 Å². The van der Waals surface area contributed by atoms with Gasteiger partial charge in [-0.05, 0) is 40.9 Å². The van der Waals surface area contributed by atoms with Gasteiger partial charge in [0.15, 0.2) is 0 Å². The van der Waals surface area contributed by atoms with Crippen LogP contribution in [0.3, 0.4) is 0 Å². The lowest BCUT2D eigenvalue weighted by Gasteiger charge is -2.29. The van der Waals surface area contributed by atoms with Gasteiger partial charge < -0.3 is 15.2 Å². The fourth-order valence-corrected chi connectivity index (χ4v) is 4.28. The Morgan fingerprint density at radius 2 is 1.59 bits per heavy atom. The van der Waals surface area contributed by atoms with Gasteiger partial charge in [0.1, 0.15) is 0 Å². The third-order valence-corrected chi connectivity index (χ3v) is 5.81. The van der Waals surface area contributed by atoms with Crippen molar-refractivity contribution in [2.75, 3.05) is 5.32 Å². The molecule has 4 atom stereocenters. The first kappa shape index (κ1) is 19.9. The fraction of sp³-hybridized carbons (Fsp3) is 0.636. The normalized spacial score (nSPS) is 27.6. The Morgan fingerprint density at radius 3 is 2.11 bits per heavy atom. The molecule has 0 radical (unpaired) electrons. The van der Waals surface area contributed by atoms with Crippen LogP contribution < -0.4 is 5.32 Å². The van der Waals surface area contributed by atoms with E-state index in [0.717, 1.165) is 24.1 Å². The number of amides is 1. The standard InChI is InChI=1S/C22H31NO4/c1-21(2,3)12-7-8-14(13(11-12)22(4,5)6)23-19(24)17-15-9-10-16(27-15)18(17)20(25)26/h7-8,11,15-18H,9-10H2,1-6H3,(H,23,24)(H,25,26)/t15-,16+,17?,18?/m0/s1. The van der Waals surface area contributed by atoms with Crippen LogP contribution in [0.2, 0.25) is 0 Å². The maximum absolute atomic E-state index is 13.0. The van der Waals surface area contributed by atoms with Crippen LogP contribution in [0, 0.1) is 11.8 Å². The Morgan fingerprint density at radius 1 is 1.00 bits per heavy atom. The summed E-state index contributed by atoms with van der Waals surface area (Å²) in [6.45, 7) is 12.8. The molecule has 2 saturated heterocycles. The second-order valence-electron chi connectivity index (χ2n) is 9.93. The molecule has 27 heavy (non-hydrogen) atoms. The molecule has 2 aliphatic heterocycles. The van der Waals surface area contributed by atoms with E-state index in [9.17, 15) is 14.7 Å². The number of carboxylic acids is 1. The van der Waals surface area contributed by atoms with Crippen molar-refractivity contribution in [2.24, 2.45) is 11.8 Å². The van der Waals surface area contributed by atoms with Crippen molar-refractivity contribution in [1.29, 1.82) is 0 Å². The lowest BCUT2D eigenvalue weighted by molar-refractivity contribution is -0.147. The third kappa shape index (κ3) is 3.75. The first-order chi connectivity index (χ1) is 12.4. The predicted octanol–water partition coefficient (Wildman–Crippen LogP) is 4.10. The molecule has 0 aliphatic carbocycles. The van der Waals surface area contributed by atoms with E-state index >= 15 is 0 Å². The monoisotopic (exact) mass is 373 g/mol. The Hall–Kier alpha value is -1.88. The molecule has 2 fully saturated rings. The van der Waals surface area contributed by atoms with Crippen LogP contribution in [-0.4, -0.2) is 29.2 Å². The molecule has 0 spiro atoms. The van der Waals surface area contributed by atoms with Gasteiger partial charge in [-0.15, -0.1) is 0 Å². The SMILES string of the molecule is CC(C)(C)c1ccc(NC(=O)C2C(C(=O)O)[C@H]3CC[C@@H]2O3)c(C(C)(C)C)c1. The highest BCUT2D eigenvalue weighted by Gasteiger charge is 2.55. The zero-order valence-electron chi connectivity index (χ0n) is 17.1. The molecule has 1 aromatic rings. The van der Waals surface area contributed by atoms with E-state index in [1.54, 1.807) is 0 Å². The lowest BCUT2D eigenvalue weighted by Crippen LogP contribution is -2.41. The Balaban J connectivity index is 1.91. The van der Waals surface area contributed by atoms with Crippen molar-refractivity contribution < 1.29 is 19.4 Å². The number of rotatable bonds is 3. The molecule has 1 aromatic carbocycles. The zero-order chi connectivity index (χ0) is 20.1. The molecule has 5 heteroatoms. The van der Waals surface area contributed by atoms with Crippen LogP contribution >= 0.6 is 0 Å². The van der Waals surface area contributed by atoms with Crippen LogP contribution in [-0.2, 0) is 25.2 Å². The second kappa shape index (κ2) is 6.62. The van der Waals surface area contributed by atoms with Crippen LogP contribution in [0.5, 0.6) is 0 Å². The smallest absolute Gasteiger partial charge is 0.310 e. The summed E-state index contributed by atoms with van der Waals surface area (Å²) in [6, 6.07) is 6.14. The third-order valence-electron chi connectivity index (χ3n) is 5.81. The molecule has 0 aromatic heterocycles. The topological polar surface area (TPSA) is 75.6 Å². The number of anilines is 1. The Kier molecular flexibility index (Phi) is 4.87. The number of aliphatic carboxylic acids is 1. The molecular weight excluding hydrogens is 342 g/mol. The van der Waals surface area contributed by atoms with Gasteiger partial charge in [0.2, 0.25) is 5.91 Å². The number of hydrogen-bond donors (Lipinski definition) is 2. The van der Waals surface area contributed by atoms with Crippen molar-refractivity contribution >= 4 is 17.6 Å². The van der Waals surface area contributed by atoms with E-state index in [1.165, 1.54) is 5.56 Å². The van der Waals surface area contributed by atoms with E-state index in [4.69, 9.17) is 4.74 Å². The van der Waals surface area contributed by atoms with E-state index in [-0.39, 0.29) is 28.9 Å². The molecule has 2 N–H and O–H groups in total. The number of carboxylic acid groups (broad SMARTS) is 1. The maximum atomic E-state index is 13.0. The summed E-state index contributed by atoms with van der Waals surface area (Å²) in [5.74, 6) is -2.57. The van der Waals surface area contributed by atoms with Crippen molar-refractivity contribution in [2.45, 2.75) is 77.4 Å². The summed E-state index contributed by atoms with van der Waals surface area (Å²) in [5.41, 5.74) is 2.88. The molecular formula is C22H31NO4. The predicted molar refractivity (Wildman–Crippen MR) is 105 cm³/mol. The van der Waals surface area contributed by atoms with Gasteiger partial charge in [0, 0.05) is 5.69 Å². The van der Waals surface area contributed by atoms with Crippen LogP contribution in [0.15, 0.2) is 18.2 Å². The minimum atomic E-state index is -0.943. The van der Waals surface area contributed by atoms with Gasteiger partial charge in [0.25, 0.3) is 0 Å². The summed E-state index contributed by atoms with van der Waals surface area (Å²) in [5, 5.41) is 12.6. The number of carbonyl (C=O) groups is 2. The lowest BCUT2D eigenvalue weighted by atomic mass is 9.78. The van der Waals surface area contributed by atoms with E-state index < -0.39 is 17.8 Å². The molecule has 2 unspecified atom stereocenters. The van der Waals surface area contributed by atoms with Gasteiger partial charge >= 0.3 is 5.97 Å². The first-order valence-electron chi connectivity index (χ1n) is 9.74.